The monoisotopic (exact) mass is 191 g/mol. The summed E-state index contributed by atoms with van der Waals surface area (Å²) in [5, 5.41) is 8.87. The fraction of sp³-hybridized carbons (Fsp3) is 0.625. The molecule has 3 nitrogen and oxygen atoms in total. The molecule has 70 valence electrons. The number of rotatable bonds is 2. The predicted octanol–water partition coefficient (Wildman–Crippen LogP) is 1.18. The van der Waals surface area contributed by atoms with E-state index >= 15 is 0 Å². The van der Waals surface area contributed by atoms with Gasteiger partial charge in [0.25, 0.3) is 0 Å². The van der Waals surface area contributed by atoms with Gasteiger partial charge in [0.2, 0.25) is 0 Å². The molecule has 0 aromatic heterocycles. The molecule has 0 saturated heterocycles. The molecule has 0 amide bonds. The van der Waals surface area contributed by atoms with Crippen LogP contribution in [0, 0.1) is 5.41 Å². The van der Waals surface area contributed by atoms with Crippen molar-refractivity contribution >= 4 is 18.4 Å². The first kappa shape index (κ1) is 11.5. The molecular weight excluding hydrogens is 178 g/mol. The molecule has 0 spiro atoms. The van der Waals surface area contributed by atoms with Crippen LogP contribution in [0.3, 0.4) is 0 Å². The highest BCUT2D eigenvalue weighted by Crippen LogP contribution is 2.34. The molecule has 0 aromatic rings. The Bertz CT molecular complexity index is 205. The van der Waals surface area contributed by atoms with Crippen LogP contribution < -0.4 is 5.73 Å². The van der Waals surface area contributed by atoms with Crippen LogP contribution in [-0.2, 0) is 4.79 Å². The molecule has 2 atom stereocenters. The van der Waals surface area contributed by atoms with Gasteiger partial charge in [0, 0.05) is 6.04 Å². The van der Waals surface area contributed by atoms with Crippen molar-refractivity contribution in [3.8, 4) is 0 Å². The third-order valence-corrected chi connectivity index (χ3v) is 2.32. The number of nitrogens with two attached hydrogens (primary N) is 1. The summed E-state index contributed by atoms with van der Waals surface area (Å²) in [5.41, 5.74) is 4.89. The fourth-order valence-electron chi connectivity index (χ4n) is 1.44. The van der Waals surface area contributed by atoms with Gasteiger partial charge in [0.1, 0.15) is 0 Å². The lowest BCUT2D eigenvalue weighted by atomic mass is 9.84. The van der Waals surface area contributed by atoms with Crippen LogP contribution in [0.4, 0.5) is 0 Å². The molecule has 0 aliphatic heterocycles. The Morgan fingerprint density at radius 1 is 1.83 bits per heavy atom. The van der Waals surface area contributed by atoms with Crippen LogP contribution >= 0.6 is 12.4 Å². The molecule has 4 heteroatoms. The number of halogens is 1. The molecule has 0 fully saturated rings. The zero-order valence-corrected chi connectivity index (χ0v) is 7.80. The molecule has 0 bridgehead atoms. The summed E-state index contributed by atoms with van der Waals surface area (Å²) in [6.07, 6.45) is 4.66. The van der Waals surface area contributed by atoms with Gasteiger partial charge in [-0.1, -0.05) is 19.1 Å². The van der Waals surface area contributed by atoms with Crippen LogP contribution in [0.25, 0.3) is 0 Å². The Balaban J connectivity index is 0.00000121. The highest BCUT2D eigenvalue weighted by molar-refractivity contribution is 5.85. The van der Waals surface area contributed by atoms with Crippen molar-refractivity contribution in [2.75, 3.05) is 0 Å². The number of hydrogen-bond acceptors (Lipinski definition) is 2. The number of hydrogen-bond donors (Lipinski definition) is 2. The lowest BCUT2D eigenvalue weighted by Gasteiger charge is -2.20. The van der Waals surface area contributed by atoms with E-state index < -0.39 is 11.4 Å². The smallest absolute Gasteiger partial charge is 0.313 e. The zero-order valence-electron chi connectivity index (χ0n) is 6.99. The molecule has 1 rings (SSSR count). The molecule has 0 unspecified atom stereocenters. The van der Waals surface area contributed by atoms with Gasteiger partial charge in [-0.3, -0.25) is 4.79 Å². The second-order valence-electron chi connectivity index (χ2n) is 3.04. The van der Waals surface area contributed by atoms with Gasteiger partial charge < -0.3 is 10.8 Å². The van der Waals surface area contributed by atoms with Gasteiger partial charge >= 0.3 is 5.97 Å². The van der Waals surface area contributed by atoms with E-state index in [1.165, 1.54) is 0 Å². The largest absolute Gasteiger partial charge is 0.481 e. The minimum absolute atomic E-state index is 0. The Labute approximate surface area is 78.0 Å². The Morgan fingerprint density at radius 2 is 2.42 bits per heavy atom. The van der Waals surface area contributed by atoms with Gasteiger partial charge in [-0.15, -0.1) is 12.4 Å². The maximum atomic E-state index is 10.8. The standard InChI is InChI=1S/C8H13NO2.ClH/c1-2-8(7(10)11)4-3-6(9)5-8;/h3-4,6H,2,5,9H2,1H3,(H,10,11);1H/t6-,8+;/m0./s1. The van der Waals surface area contributed by atoms with E-state index in [1.807, 2.05) is 6.92 Å². The molecule has 12 heavy (non-hydrogen) atoms. The first-order chi connectivity index (χ1) is 5.10. The van der Waals surface area contributed by atoms with E-state index in [2.05, 4.69) is 0 Å². The average Bonchev–Trinajstić information content (AvgIpc) is 2.33. The zero-order chi connectivity index (χ0) is 8.48. The number of carbonyl (C=O) groups is 1. The van der Waals surface area contributed by atoms with Crippen molar-refractivity contribution in [1.29, 1.82) is 0 Å². The minimum atomic E-state index is -0.760. The van der Waals surface area contributed by atoms with Gasteiger partial charge in [0.05, 0.1) is 5.41 Å². The molecule has 0 radical (unpaired) electrons. The van der Waals surface area contributed by atoms with Gasteiger partial charge in [-0.2, -0.15) is 0 Å². The van der Waals surface area contributed by atoms with Crippen molar-refractivity contribution in [2.45, 2.75) is 25.8 Å². The molecule has 1 aliphatic rings. The number of aliphatic carboxylic acids is 1. The van der Waals surface area contributed by atoms with Gasteiger partial charge in [0.15, 0.2) is 0 Å². The van der Waals surface area contributed by atoms with Crippen molar-refractivity contribution in [1.82, 2.24) is 0 Å². The first-order valence-corrected chi connectivity index (χ1v) is 3.79. The highest BCUT2D eigenvalue weighted by Gasteiger charge is 2.38. The second-order valence-corrected chi connectivity index (χ2v) is 3.04. The van der Waals surface area contributed by atoms with E-state index in [1.54, 1.807) is 12.2 Å². The first-order valence-electron chi connectivity index (χ1n) is 3.79. The lowest BCUT2D eigenvalue weighted by molar-refractivity contribution is -0.146. The summed E-state index contributed by atoms with van der Waals surface area (Å²) in [5.74, 6) is -0.760. The van der Waals surface area contributed by atoms with Gasteiger partial charge in [-0.25, -0.2) is 0 Å². The quantitative estimate of drug-likeness (QED) is 0.645. The van der Waals surface area contributed by atoms with Crippen molar-refractivity contribution in [2.24, 2.45) is 11.1 Å². The lowest BCUT2D eigenvalue weighted by Crippen LogP contribution is -2.30. The summed E-state index contributed by atoms with van der Waals surface area (Å²) in [7, 11) is 0. The van der Waals surface area contributed by atoms with E-state index in [0.29, 0.717) is 12.8 Å². The summed E-state index contributed by atoms with van der Waals surface area (Å²) in [6, 6.07) is -0.0777. The average molecular weight is 192 g/mol. The predicted molar refractivity (Wildman–Crippen MR) is 49.3 cm³/mol. The topological polar surface area (TPSA) is 63.3 Å². The second kappa shape index (κ2) is 3.92. The molecule has 1 aliphatic carbocycles. The van der Waals surface area contributed by atoms with Crippen LogP contribution in [0.15, 0.2) is 12.2 Å². The summed E-state index contributed by atoms with van der Waals surface area (Å²) in [4.78, 5) is 10.8. The maximum Gasteiger partial charge on any atom is 0.313 e. The van der Waals surface area contributed by atoms with E-state index in [4.69, 9.17) is 10.8 Å². The Hall–Kier alpha value is -0.540. The molecular formula is C8H14ClNO2. The SMILES string of the molecule is CC[C@@]1(C(=O)O)C=C[C@H](N)C1.Cl. The van der Waals surface area contributed by atoms with Crippen molar-refractivity contribution < 1.29 is 9.90 Å². The molecule has 0 saturated carbocycles. The van der Waals surface area contributed by atoms with E-state index in [9.17, 15) is 4.79 Å². The number of carboxylic acids is 1. The van der Waals surface area contributed by atoms with Gasteiger partial charge in [-0.05, 0) is 12.8 Å². The number of carboxylic acid groups (broad SMARTS) is 1. The third kappa shape index (κ3) is 1.79. The molecule has 3 N–H and O–H groups in total. The third-order valence-electron chi connectivity index (χ3n) is 2.32. The normalized spacial score (nSPS) is 33.0. The Morgan fingerprint density at radius 3 is 2.58 bits per heavy atom. The van der Waals surface area contributed by atoms with E-state index in [0.717, 1.165) is 0 Å². The highest BCUT2D eigenvalue weighted by atomic mass is 35.5. The van der Waals surface area contributed by atoms with Crippen molar-refractivity contribution in [3.63, 3.8) is 0 Å². The maximum absolute atomic E-state index is 10.8. The summed E-state index contributed by atoms with van der Waals surface area (Å²) < 4.78 is 0. The fourth-order valence-corrected chi connectivity index (χ4v) is 1.44. The van der Waals surface area contributed by atoms with Crippen LogP contribution in [0.1, 0.15) is 19.8 Å². The van der Waals surface area contributed by atoms with Crippen LogP contribution in [0.5, 0.6) is 0 Å². The van der Waals surface area contributed by atoms with Crippen LogP contribution in [-0.4, -0.2) is 17.1 Å². The molecule has 0 heterocycles. The summed E-state index contributed by atoms with van der Waals surface area (Å²) in [6.45, 7) is 1.87. The Kier molecular flexibility index (Phi) is 3.74. The molecule has 0 aromatic carbocycles. The van der Waals surface area contributed by atoms with E-state index in [-0.39, 0.29) is 18.4 Å². The summed E-state index contributed by atoms with van der Waals surface area (Å²) >= 11 is 0. The minimum Gasteiger partial charge on any atom is -0.481 e. The van der Waals surface area contributed by atoms with Crippen LogP contribution in [0.2, 0.25) is 0 Å². The van der Waals surface area contributed by atoms with Crippen molar-refractivity contribution in [3.05, 3.63) is 12.2 Å².